The maximum absolute atomic E-state index is 11.6. The van der Waals surface area contributed by atoms with Gasteiger partial charge < -0.3 is 15.0 Å². The largest absolute Gasteiger partial charge is 0.478 e. The van der Waals surface area contributed by atoms with E-state index in [-0.39, 0.29) is 0 Å². The van der Waals surface area contributed by atoms with E-state index in [9.17, 15) is 9.90 Å². The summed E-state index contributed by atoms with van der Waals surface area (Å²) in [6, 6.07) is 14.2. The molecular weight excluding hydrogens is 336 g/mol. The summed E-state index contributed by atoms with van der Waals surface area (Å²) in [4.78, 5) is 11.6. The van der Waals surface area contributed by atoms with Gasteiger partial charge in [-0.1, -0.05) is 43.5 Å². The minimum absolute atomic E-state index is 0.364. The zero-order chi connectivity index (χ0) is 18.4. The molecule has 0 unspecified atom stereocenters. The summed E-state index contributed by atoms with van der Waals surface area (Å²) in [5.74, 6) is -0.307. The van der Waals surface area contributed by atoms with E-state index in [2.05, 4.69) is 34.1 Å². The second-order valence-corrected chi connectivity index (χ2v) is 7.76. The molecule has 2 heterocycles. The molecule has 0 bridgehead atoms. The molecule has 1 aliphatic heterocycles. The minimum atomic E-state index is -0.862. The number of hydrogen-bond donors (Lipinski definition) is 2. The number of carbonyl (C=O) groups is 1. The first-order valence-electron chi connectivity index (χ1n) is 9.97. The topological polar surface area (TPSA) is 54.3 Å². The zero-order valence-electron chi connectivity index (χ0n) is 15.4. The maximum atomic E-state index is 11.6. The molecule has 2 aliphatic rings. The molecule has 1 saturated carbocycles. The molecule has 1 fully saturated rings. The fourth-order valence-corrected chi connectivity index (χ4v) is 4.98. The number of anilines is 1. The number of aromatic carboxylic acids is 1. The standard InChI is InChI=1S/C23H24N2O2/c26-23(27)16-10-11-18-20(14-16)25-13-12-24-19-9-5-4-8-17(19)22(25)21(18)15-6-2-1-3-7-15/h4-5,8-11,14-15,24H,1-3,6-7,12-13H2,(H,26,27). The summed E-state index contributed by atoms with van der Waals surface area (Å²) in [5.41, 5.74) is 6.56. The van der Waals surface area contributed by atoms with Crippen LogP contribution in [0.1, 0.15) is 53.9 Å². The lowest BCUT2D eigenvalue weighted by atomic mass is 9.81. The quantitative estimate of drug-likeness (QED) is 0.636. The third kappa shape index (κ3) is 2.62. The van der Waals surface area contributed by atoms with E-state index in [0.29, 0.717) is 11.5 Å². The Balaban J connectivity index is 1.84. The van der Waals surface area contributed by atoms with E-state index in [1.807, 2.05) is 12.1 Å². The molecule has 0 saturated heterocycles. The Labute approximate surface area is 158 Å². The van der Waals surface area contributed by atoms with Crippen LogP contribution in [0.2, 0.25) is 0 Å². The van der Waals surface area contributed by atoms with E-state index in [4.69, 9.17) is 0 Å². The summed E-state index contributed by atoms with van der Waals surface area (Å²) in [7, 11) is 0. The fraction of sp³-hybridized carbons (Fsp3) is 0.348. The first-order chi connectivity index (χ1) is 13.2. The number of carboxylic acid groups (broad SMARTS) is 1. The van der Waals surface area contributed by atoms with Gasteiger partial charge in [0.15, 0.2) is 0 Å². The van der Waals surface area contributed by atoms with Crippen LogP contribution in [-0.2, 0) is 6.54 Å². The molecule has 4 nitrogen and oxygen atoms in total. The molecule has 1 aliphatic carbocycles. The highest BCUT2D eigenvalue weighted by atomic mass is 16.4. The van der Waals surface area contributed by atoms with Gasteiger partial charge in [-0.2, -0.15) is 0 Å². The number of nitrogens with zero attached hydrogens (tertiary/aromatic N) is 1. The van der Waals surface area contributed by atoms with Gasteiger partial charge >= 0.3 is 5.97 Å². The molecule has 5 rings (SSSR count). The Kier molecular flexibility index (Phi) is 3.92. The van der Waals surface area contributed by atoms with Crippen molar-refractivity contribution in [2.75, 3.05) is 11.9 Å². The SMILES string of the molecule is O=C(O)c1ccc2c(C3CCCCC3)c3n(c2c1)CCNc1ccccc1-3. The van der Waals surface area contributed by atoms with Gasteiger partial charge in [0.05, 0.1) is 11.3 Å². The molecule has 0 radical (unpaired) electrons. The highest BCUT2D eigenvalue weighted by molar-refractivity contribution is 5.99. The van der Waals surface area contributed by atoms with Gasteiger partial charge in [-0.15, -0.1) is 0 Å². The maximum Gasteiger partial charge on any atom is 0.335 e. The molecule has 2 aromatic carbocycles. The summed E-state index contributed by atoms with van der Waals surface area (Å²) in [5, 5.41) is 14.3. The number of benzene rings is 2. The molecule has 27 heavy (non-hydrogen) atoms. The predicted molar refractivity (Wildman–Crippen MR) is 109 cm³/mol. The second kappa shape index (κ2) is 6.45. The number of carboxylic acids is 1. The van der Waals surface area contributed by atoms with E-state index >= 15 is 0 Å². The summed E-state index contributed by atoms with van der Waals surface area (Å²) >= 11 is 0. The van der Waals surface area contributed by atoms with Crippen molar-refractivity contribution < 1.29 is 9.90 Å². The van der Waals surface area contributed by atoms with E-state index in [1.165, 1.54) is 60.0 Å². The van der Waals surface area contributed by atoms with Crippen LogP contribution in [0, 0.1) is 0 Å². The van der Waals surface area contributed by atoms with Crippen molar-refractivity contribution in [2.45, 2.75) is 44.6 Å². The van der Waals surface area contributed by atoms with Crippen LogP contribution in [0.4, 0.5) is 5.69 Å². The Morgan fingerprint density at radius 2 is 1.89 bits per heavy atom. The smallest absolute Gasteiger partial charge is 0.335 e. The Morgan fingerprint density at radius 1 is 1.07 bits per heavy atom. The van der Waals surface area contributed by atoms with Crippen molar-refractivity contribution in [1.82, 2.24) is 4.57 Å². The number of para-hydroxylation sites is 1. The molecule has 3 aromatic rings. The molecular formula is C23H24N2O2. The van der Waals surface area contributed by atoms with Gasteiger partial charge in [0, 0.05) is 35.2 Å². The molecule has 0 spiro atoms. The summed E-state index contributed by atoms with van der Waals surface area (Å²) < 4.78 is 2.35. The van der Waals surface area contributed by atoms with Gasteiger partial charge in [0.25, 0.3) is 0 Å². The number of rotatable bonds is 2. The highest BCUT2D eigenvalue weighted by Gasteiger charge is 2.28. The number of nitrogens with one attached hydrogen (secondary N) is 1. The fourth-order valence-electron chi connectivity index (χ4n) is 4.98. The molecule has 2 N–H and O–H groups in total. The molecule has 0 atom stereocenters. The van der Waals surface area contributed by atoms with Crippen LogP contribution in [0.5, 0.6) is 0 Å². The van der Waals surface area contributed by atoms with Crippen LogP contribution < -0.4 is 5.32 Å². The monoisotopic (exact) mass is 360 g/mol. The first-order valence-corrected chi connectivity index (χ1v) is 9.97. The normalized spacial score (nSPS) is 17.0. The molecule has 138 valence electrons. The van der Waals surface area contributed by atoms with Crippen molar-refractivity contribution >= 4 is 22.6 Å². The molecule has 4 heteroatoms. The lowest BCUT2D eigenvalue weighted by Gasteiger charge is -2.23. The Morgan fingerprint density at radius 3 is 2.70 bits per heavy atom. The van der Waals surface area contributed by atoms with Gasteiger partial charge in [0.2, 0.25) is 0 Å². The van der Waals surface area contributed by atoms with Crippen LogP contribution in [0.25, 0.3) is 22.2 Å². The lowest BCUT2D eigenvalue weighted by molar-refractivity contribution is 0.0697. The Hall–Kier alpha value is -2.75. The number of hydrogen-bond acceptors (Lipinski definition) is 2. The third-order valence-corrected chi connectivity index (χ3v) is 6.20. The highest BCUT2D eigenvalue weighted by Crippen LogP contribution is 2.46. The van der Waals surface area contributed by atoms with E-state index in [1.54, 1.807) is 6.07 Å². The van der Waals surface area contributed by atoms with Crippen molar-refractivity contribution in [1.29, 1.82) is 0 Å². The van der Waals surface area contributed by atoms with Gasteiger partial charge in [-0.3, -0.25) is 0 Å². The number of aromatic nitrogens is 1. The zero-order valence-corrected chi connectivity index (χ0v) is 15.4. The summed E-state index contributed by atoms with van der Waals surface area (Å²) in [6.45, 7) is 1.69. The average molecular weight is 360 g/mol. The second-order valence-electron chi connectivity index (χ2n) is 7.76. The van der Waals surface area contributed by atoms with Crippen LogP contribution >= 0.6 is 0 Å². The van der Waals surface area contributed by atoms with Crippen LogP contribution in [0.3, 0.4) is 0 Å². The Bertz CT molecular complexity index is 1030. The minimum Gasteiger partial charge on any atom is -0.478 e. The first kappa shape index (κ1) is 16.4. The third-order valence-electron chi connectivity index (χ3n) is 6.20. The lowest BCUT2D eigenvalue weighted by Crippen LogP contribution is -2.08. The van der Waals surface area contributed by atoms with Crippen molar-refractivity contribution in [3.8, 4) is 11.3 Å². The van der Waals surface area contributed by atoms with E-state index in [0.717, 1.165) is 18.6 Å². The van der Waals surface area contributed by atoms with Crippen LogP contribution in [0.15, 0.2) is 42.5 Å². The number of fused-ring (bicyclic) bond motifs is 5. The average Bonchev–Trinajstić information content (AvgIpc) is 2.90. The van der Waals surface area contributed by atoms with E-state index < -0.39 is 5.97 Å². The van der Waals surface area contributed by atoms with Crippen molar-refractivity contribution in [3.63, 3.8) is 0 Å². The van der Waals surface area contributed by atoms with Crippen molar-refractivity contribution in [3.05, 3.63) is 53.6 Å². The van der Waals surface area contributed by atoms with Crippen molar-refractivity contribution in [2.24, 2.45) is 0 Å². The summed E-state index contributed by atoms with van der Waals surface area (Å²) in [6.07, 6.45) is 6.34. The predicted octanol–water partition coefficient (Wildman–Crippen LogP) is 5.48. The van der Waals surface area contributed by atoms with Crippen LogP contribution in [-0.4, -0.2) is 22.2 Å². The van der Waals surface area contributed by atoms with Gasteiger partial charge in [-0.25, -0.2) is 4.79 Å². The van der Waals surface area contributed by atoms with Gasteiger partial charge in [0.1, 0.15) is 0 Å². The molecule has 0 amide bonds. The van der Waals surface area contributed by atoms with Gasteiger partial charge in [-0.05, 0) is 42.5 Å². The molecule has 1 aromatic heterocycles.